The van der Waals surface area contributed by atoms with Gasteiger partial charge in [0.15, 0.2) is 11.6 Å². The predicted molar refractivity (Wildman–Crippen MR) is 78.2 cm³/mol. The van der Waals surface area contributed by atoms with E-state index in [2.05, 4.69) is 15.2 Å². The average molecular weight is 279 g/mol. The van der Waals surface area contributed by atoms with Crippen LogP contribution in [0.15, 0.2) is 48.8 Å². The molecule has 2 heterocycles. The second-order valence-electron chi connectivity index (χ2n) is 4.73. The van der Waals surface area contributed by atoms with Crippen molar-refractivity contribution < 1.29 is 9.59 Å². The van der Waals surface area contributed by atoms with E-state index in [-0.39, 0.29) is 24.4 Å². The number of hydrogen-bond donors (Lipinski definition) is 1. The lowest BCUT2D eigenvalue weighted by molar-refractivity contribution is 0.0914. The number of aromatic amines is 1. The van der Waals surface area contributed by atoms with Crippen LogP contribution in [-0.4, -0.2) is 26.7 Å². The van der Waals surface area contributed by atoms with Crippen LogP contribution in [0.3, 0.4) is 0 Å². The Hall–Kier alpha value is -2.82. The first kappa shape index (κ1) is 13.2. The highest BCUT2D eigenvalue weighted by atomic mass is 16.1. The van der Waals surface area contributed by atoms with Crippen molar-refractivity contribution in [3.63, 3.8) is 0 Å². The van der Waals surface area contributed by atoms with E-state index in [0.29, 0.717) is 11.3 Å². The molecule has 0 fully saturated rings. The van der Waals surface area contributed by atoms with Crippen molar-refractivity contribution in [3.8, 4) is 0 Å². The summed E-state index contributed by atoms with van der Waals surface area (Å²) in [6.45, 7) is 0. The number of fused-ring (bicyclic) bond motifs is 1. The third-order valence-electron chi connectivity index (χ3n) is 3.31. The maximum atomic E-state index is 12.1. The maximum Gasteiger partial charge on any atom is 0.183 e. The standard InChI is InChI=1S/C16H13N3O2/c20-15(5-6-16(21)14-2-1-8-18-19-14)12-3-4-13-11(10-12)7-9-17-13/h1-4,7-10,17H,5-6H2. The lowest BCUT2D eigenvalue weighted by Gasteiger charge is -2.01. The van der Waals surface area contributed by atoms with E-state index in [1.54, 1.807) is 18.2 Å². The van der Waals surface area contributed by atoms with Crippen LogP contribution in [0.4, 0.5) is 0 Å². The molecule has 0 aliphatic carbocycles. The average Bonchev–Trinajstić information content (AvgIpc) is 3.00. The number of ketones is 2. The number of nitrogens with one attached hydrogen (secondary N) is 1. The normalized spacial score (nSPS) is 10.7. The summed E-state index contributed by atoms with van der Waals surface area (Å²) in [6.07, 6.45) is 3.65. The molecule has 5 heteroatoms. The molecule has 0 saturated heterocycles. The fourth-order valence-corrected chi connectivity index (χ4v) is 2.18. The van der Waals surface area contributed by atoms with Gasteiger partial charge < -0.3 is 4.98 Å². The predicted octanol–water partition coefficient (Wildman–Crippen LogP) is 2.80. The van der Waals surface area contributed by atoms with Gasteiger partial charge in [-0.05, 0) is 36.4 Å². The second kappa shape index (κ2) is 5.66. The zero-order valence-corrected chi connectivity index (χ0v) is 11.2. The van der Waals surface area contributed by atoms with Gasteiger partial charge in [0.1, 0.15) is 5.69 Å². The van der Waals surface area contributed by atoms with E-state index in [1.807, 2.05) is 24.4 Å². The first-order chi connectivity index (χ1) is 10.2. The molecule has 0 radical (unpaired) electrons. The van der Waals surface area contributed by atoms with Crippen molar-refractivity contribution in [1.82, 2.24) is 15.2 Å². The van der Waals surface area contributed by atoms with Crippen LogP contribution in [-0.2, 0) is 0 Å². The molecule has 3 aromatic rings. The maximum absolute atomic E-state index is 12.1. The summed E-state index contributed by atoms with van der Waals surface area (Å²) in [4.78, 5) is 27.1. The molecule has 21 heavy (non-hydrogen) atoms. The topological polar surface area (TPSA) is 75.7 Å². The number of hydrogen-bond acceptors (Lipinski definition) is 4. The van der Waals surface area contributed by atoms with Crippen LogP contribution in [0, 0.1) is 0 Å². The van der Waals surface area contributed by atoms with Crippen LogP contribution in [0.1, 0.15) is 33.7 Å². The van der Waals surface area contributed by atoms with Crippen molar-refractivity contribution in [1.29, 1.82) is 0 Å². The van der Waals surface area contributed by atoms with E-state index in [1.165, 1.54) is 6.20 Å². The van der Waals surface area contributed by atoms with E-state index in [0.717, 1.165) is 10.9 Å². The zero-order chi connectivity index (χ0) is 14.7. The highest BCUT2D eigenvalue weighted by molar-refractivity contribution is 6.03. The number of H-pyrrole nitrogens is 1. The number of rotatable bonds is 5. The second-order valence-corrected chi connectivity index (χ2v) is 4.73. The van der Waals surface area contributed by atoms with Crippen LogP contribution < -0.4 is 0 Å². The van der Waals surface area contributed by atoms with Gasteiger partial charge in [0, 0.05) is 41.7 Å². The first-order valence-electron chi connectivity index (χ1n) is 6.65. The SMILES string of the molecule is O=C(CCC(=O)c1cccnn1)c1ccc2[nH]ccc2c1. The molecule has 1 aromatic carbocycles. The fraction of sp³-hybridized carbons (Fsp3) is 0.125. The number of Topliss-reactive ketones (excluding diaryl/α,β-unsaturated/α-hetero) is 2. The lowest BCUT2D eigenvalue weighted by atomic mass is 10.0. The summed E-state index contributed by atoms with van der Waals surface area (Å²) in [7, 11) is 0. The molecule has 0 aliphatic heterocycles. The summed E-state index contributed by atoms with van der Waals surface area (Å²) in [5.41, 5.74) is 1.91. The molecule has 3 rings (SSSR count). The van der Waals surface area contributed by atoms with Gasteiger partial charge in [-0.15, -0.1) is 5.10 Å². The van der Waals surface area contributed by atoms with E-state index in [4.69, 9.17) is 0 Å². The molecule has 0 bridgehead atoms. The molecule has 0 aliphatic rings. The van der Waals surface area contributed by atoms with Crippen molar-refractivity contribution in [2.45, 2.75) is 12.8 Å². The highest BCUT2D eigenvalue weighted by Gasteiger charge is 2.12. The summed E-state index contributed by atoms with van der Waals surface area (Å²) in [5, 5.41) is 8.40. The lowest BCUT2D eigenvalue weighted by Crippen LogP contribution is -2.07. The third-order valence-corrected chi connectivity index (χ3v) is 3.31. The van der Waals surface area contributed by atoms with E-state index >= 15 is 0 Å². The van der Waals surface area contributed by atoms with Crippen LogP contribution in [0.2, 0.25) is 0 Å². The number of benzene rings is 1. The third kappa shape index (κ3) is 2.86. The van der Waals surface area contributed by atoms with Gasteiger partial charge in [-0.1, -0.05) is 0 Å². The summed E-state index contributed by atoms with van der Waals surface area (Å²) in [6, 6.07) is 10.6. The molecule has 2 aromatic heterocycles. The Morgan fingerprint density at radius 3 is 2.71 bits per heavy atom. The van der Waals surface area contributed by atoms with Gasteiger partial charge in [-0.2, -0.15) is 5.10 Å². The Kier molecular flexibility index (Phi) is 3.55. The van der Waals surface area contributed by atoms with Gasteiger partial charge in [0.05, 0.1) is 0 Å². The summed E-state index contributed by atoms with van der Waals surface area (Å²) < 4.78 is 0. The van der Waals surface area contributed by atoms with E-state index in [9.17, 15) is 9.59 Å². The number of carbonyl (C=O) groups is 2. The van der Waals surface area contributed by atoms with Gasteiger partial charge in [0.25, 0.3) is 0 Å². The monoisotopic (exact) mass is 279 g/mol. The highest BCUT2D eigenvalue weighted by Crippen LogP contribution is 2.16. The Balaban J connectivity index is 1.67. The zero-order valence-electron chi connectivity index (χ0n) is 11.2. The van der Waals surface area contributed by atoms with Crippen LogP contribution >= 0.6 is 0 Å². The molecule has 0 saturated carbocycles. The van der Waals surface area contributed by atoms with Crippen LogP contribution in [0.25, 0.3) is 10.9 Å². The van der Waals surface area contributed by atoms with Crippen molar-refractivity contribution >= 4 is 22.5 Å². The largest absolute Gasteiger partial charge is 0.361 e. The fourth-order valence-electron chi connectivity index (χ4n) is 2.18. The smallest absolute Gasteiger partial charge is 0.183 e. The summed E-state index contributed by atoms with van der Waals surface area (Å²) >= 11 is 0. The number of carbonyl (C=O) groups excluding carboxylic acids is 2. The van der Waals surface area contributed by atoms with Gasteiger partial charge >= 0.3 is 0 Å². The molecule has 5 nitrogen and oxygen atoms in total. The Morgan fingerprint density at radius 1 is 1.05 bits per heavy atom. The van der Waals surface area contributed by atoms with E-state index < -0.39 is 0 Å². The molecule has 0 spiro atoms. The van der Waals surface area contributed by atoms with Crippen molar-refractivity contribution in [2.24, 2.45) is 0 Å². The minimum atomic E-state index is -0.167. The van der Waals surface area contributed by atoms with Crippen LogP contribution in [0.5, 0.6) is 0 Å². The van der Waals surface area contributed by atoms with Crippen molar-refractivity contribution in [2.75, 3.05) is 0 Å². The minimum Gasteiger partial charge on any atom is -0.361 e. The van der Waals surface area contributed by atoms with Crippen molar-refractivity contribution in [3.05, 3.63) is 60.0 Å². The molecule has 104 valence electrons. The summed E-state index contributed by atoms with van der Waals surface area (Å²) in [5.74, 6) is -0.213. The first-order valence-corrected chi connectivity index (χ1v) is 6.65. The number of aromatic nitrogens is 3. The molecule has 0 atom stereocenters. The number of nitrogens with zero attached hydrogens (tertiary/aromatic N) is 2. The molecule has 0 unspecified atom stereocenters. The minimum absolute atomic E-state index is 0.0460. The molecule has 1 N–H and O–H groups in total. The van der Waals surface area contributed by atoms with Gasteiger partial charge in [-0.25, -0.2) is 0 Å². The quantitative estimate of drug-likeness (QED) is 0.729. The van der Waals surface area contributed by atoms with Gasteiger partial charge in [-0.3, -0.25) is 9.59 Å². The molecular weight excluding hydrogens is 266 g/mol. The van der Waals surface area contributed by atoms with Gasteiger partial charge in [0.2, 0.25) is 0 Å². The Morgan fingerprint density at radius 2 is 1.90 bits per heavy atom. The Bertz CT molecular complexity index is 793. The molecule has 0 amide bonds. The Labute approximate surface area is 121 Å². The molecular formula is C16H13N3O2.